The lowest BCUT2D eigenvalue weighted by Crippen LogP contribution is -2.61. The van der Waals surface area contributed by atoms with E-state index in [2.05, 4.69) is 10.6 Å². The second kappa shape index (κ2) is 15.3. The molecule has 2 bridgehead atoms. The number of fused-ring (bicyclic) bond motifs is 5. The minimum Gasteiger partial charge on any atom is -0.497 e. The van der Waals surface area contributed by atoms with E-state index >= 15 is 0 Å². The number of rotatable bonds is 8. The Hall–Kier alpha value is -4.35. The van der Waals surface area contributed by atoms with Gasteiger partial charge < -0.3 is 29.7 Å². The van der Waals surface area contributed by atoms with Crippen LogP contribution in [0, 0.1) is 23.2 Å². The van der Waals surface area contributed by atoms with Gasteiger partial charge in [0.2, 0.25) is 34.1 Å². The van der Waals surface area contributed by atoms with E-state index in [4.69, 9.17) is 24.2 Å². The molecule has 8 unspecified atom stereocenters. The Morgan fingerprint density at radius 2 is 1.81 bits per heavy atom. The summed E-state index contributed by atoms with van der Waals surface area (Å²) in [6.07, 6.45) is 0.142. The fourth-order valence-electron chi connectivity index (χ4n) is 8.76. The number of carbonyl (C=O) groups excluding carboxylic acids is 4. The molecule has 0 spiro atoms. The van der Waals surface area contributed by atoms with Crippen LogP contribution in [0.25, 0.3) is 11.0 Å². The highest BCUT2D eigenvalue weighted by atomic mass is 32.2. The van der Waals surface area contributed by atoms with Crippen LogP contribution < -0.4 is 24.8 Å². The van der Waals surface area contributed by atoms with Crippen molar-refractivity contribution in [2.45, 2.75) is 146 Å². The fraction of sp³-hybridized carbons (Fsp3) is 0.707. The van der Waals surface area contributed by atoms with Crippen LogP contribution >= 0.6 is 0 Å². The van der Waals surface area contributed by atoms with Crippen LogP contribution in [-0.4, -0.2) is 101 Å². The van der Waals surface area contributed by atoms with E-state index < -0.39 is 98.0 Å². The number of sulfonamides is 1. The quantitative estimate of drug-likeness (QED) is 0.331. The molecule has 3 heterocycles. The van der Waals surface area contributed by atoms with E-state index in [0.717, 1.165) is 25.7 Å². The minimum absolute atomic E-state index is 0.147. The van der Waals surface area contributed by atoms with Gasteiger partial charge in [0.15, 0.2) is 0 Å². The molecule has 3 aliphatic carbocycles. The predicted octanol–water partition coefficient (Wildman–Crippen LogP) is 4.80. The van der Waals surface area contributed by atoms with E-state index in [1.807, 2.05) is 11.6 Å². The van der Waals surface area contributed by atoms with Crippen LogP contribution in [-0.2, 0) is 35.6 Å². The van der Waals surface area contributed by atoms with E-state index in [1.165, 1.54) is 18.9 Å². The summed E-state index contributed by atoms with van der Waals surface area (Å²) in [5, 5.41) is 5.29. The molecule has 2 aromatic rings. The Labute approximate surface area is 343 Å². The zero-order chi connectivity index (χ0) is 42.9. The predicted molar refractivity (Wildman–Crippen MR) is 211 cm³/mol. The number of ether oxygens (including phenoxy) is 3. The van der Waals surface area contributed by atoms with Gasteiger partial charge in [-0.25, -0.2) is 32.0 Å². The van der Waals surface area contributed by atoms with Crippen molar-refractivity contribution in [3.8, 4) is 11.6 Å². The van der Waals surface area contributed by atoms with Crippen LogP contribution in [0.4, 0.5) is 13.6 Å². The summed E-state index contributed by atoms with van der Waals surface area (Å²) in [4.78, 5) is 67.9. The minimum atomic E-state index is -4.25. The molecule has 324 valence electrons. The zero-order valence-corrected chi connectivity index (χ0v) is 35.5. The topological polar surface area (TPSA) is 195 Å². The summed E-state index contributed by atoms with van der Waals surface area (Å²) in [7, 11) is -2.71. The summed E-state index contributed by atoms with van der Waals surface area (Å²) < 4.78 is 73.8. The molecular formula is C41H56F2N6O9S. The SMILES string of the molecule is CCC1C2CN(C(=O)C(C(C)(C)C)NC(=O)OC3(C)CC3CCCCCc3nc4ccc(OC)cc4nc3O2)C1C(=O)NC1(C(=O)NS(=O)(=O)C2(C)CC2)CC1C(F)F. The van der Waals surface area contributed by atoms with Crippen LogP contribution in [0.5, 0.6) is 11.6 Å². The zero-order valence-electron chi connectivity index (χ0n) is 34.7. The summed E-state index contributed by atoms with van der Waals surface area (Å²) in [5.41, 5.74) is -2.16. The monoisotopic (exact) mass is 846 g/mol. The van der Waals surface area contributed by atoms with Crippen molar-refractivity contribution in [2.24, 2.45) is 23.2 Å². The third kappa shape index (κ3) is 8.26. The number of alkyl halides is 2. The van der Waals surface area contributed by atoms with Crippen molar-refractivity contribution in [3.05, 3.63) is 23.9 Å². The Bertz CT molecular complexity index is 2130. The maximum atomic E-state index is 14.9. The normalized spacial score (nSPS) is 32.0. The number of nitrogens with zero attached hydrogens (tertiary/aromatic N) is 3. The van der Waals surface area contributed by atoms with Gasteiger partial charge in [-0.3, -0.25) is 19.1 Å². The molecule has 1 aromatic carbocycles. The lowest BCUT2D eigenvalue weighted by molar-refractivity contribution is -0.144. The van der Waals surface area contributed by atoms with Crippen molar-refractivity contribution in [1.29, 1.82) is 0 Å². The Kier molecular flexibility index (Phi) is 11.1. The first-order valence-corrected chi connectivity index (χ1v) is 22.1. The first kappa shape index (κ1) is 42.8. The highest BCUT2D eigenvalue weighted by molar-refractivity contribution is 7.91. The number of carbonyl (C=O) groups is 4. The van der Waals surface area contributed by atoms with Gasteiger partial charge in [-0.2, -0.15) is 0 Å². The molecule has 4 amide bonds. The van der Waals surface area contributed by atoms with Gasteiger partial charge >= 0.3 is 6.09 Å². The largest absolute Gasteiger partial charge is 0.497 e. The Morgan fingerprint density at radius 3 is 2.44 bits per heavy atom. The highest BCUT2D eigenvalue weighted by Crippen LogP contribution is 2.51. The van der Waals surface area contributed by atoms with Crippen LogP contribution in [0.3, 0.4) is 0 Å². The van der Waals surface area contributed by atoms with Crippen LogP contribution in [0.1, 0.15) is 105 Å². The van der Waals surface area contributed by atoms with Gasteiger partial charge in [-0.05, 0) is 82.8 Å². The third-order valence-electron chi connectivity index (χ3n) is 13.2. The molecule has 3 N–H and O–H groups in total. The van der Waals surface area contributed by atoms with Crippen molar-refractivity contribution in [1.82, 2.24) is 30.2 Å². The van der Waals surface area contributed by atoms with Crippen molar-refractivity contribution in [2.75, 3.05) is 13.7 Å². The Balaban J connectivity index is 1.28. The van der Waals surface area contributed by atoms with E-state index in [9.17, 15) is 36.4 Å². The second-order valence-electron chi connectivity index (χ2n) is 18.6. The van der Waals surface area contributed by atoms with E-state index in [1.54, 1.807) is 45.9 Å². The van der Waals surface area contributed by atoms with Gasteiger partial charge in [-0.1, -0.05) is 40.5 Å². The number of halogens is 2. The standard InChI is InChI=1S/C41H56F2N6O9S/c1-8-24-29-21-49(30(24)33(50)47-41(20-25(41)32(42)43)36(52)48-59(54,55)39(5)16-17-39)35(51)31(38(2,3)4)46-37(53)58-40(6)19-22(40)12-10-9-11-13-27-34(57-29)45-28-18-23(56-7)14-15-26(28)44-27/h14-15,18,22,24-25,29-32H,8-13,16-17,19-21H2,1-7H3,(H,46,53)(H,47,50)(H,48,52). The van der Waals surface area contributed by atoms with Crippen LogP contribution in [0.15, 0.2) is 18.2 Å². The molecule has 5 aliphatic rings. The highest BCUT2D eigenvalue weighted by Gasteiger charge is 2.68. The molecular weight excluding hydrogens is 791 g/mol. The Morgan fingerprint density at radius 1 is 1.08 bits per heavy atom. The average Bonchev–Trinajstić information content (AvgIpc) is 4.12. The number of hydrogen-bond acceptors (Lipinski definition) is 11. The molecule has 3 saturated carbocycles. The molecule has 59 heavy (non-hydrogen) atoms. The van der Waals surface area contributed by atoms with Gasteiger partial charge in [0.05, 0.1) is 35.4 Å². The van der Waals surface area contributed by atoms with Gasteiger partial charge in [0.25, 0.3) is 5.91 Å². The molecule has 8 atom stereocenters. The lowest BCUT2D eigenvalue weighted by Gasteiger charge is -2.36. The average molecular weight is 847 g/mol. The molecule has 1 saturated heterocycles. The van der Waals surface area contributed by atoms with Crippen molar-refractivity contribution in [3.63, 3.8) is 0 Å². The third-order valence-corrected chi connectivity index (χ3v) is 15.4. The number of methoxy groups -OCH3 is 1. The number of nitrogens with one attached hydrogen (secondary N) is 3. The number of alkyl carbamates (subject to hydrolysis) is 1. The molecule has 2 aliphatic heterocycles. The van der Waals surface area contributed by atoms with E-state index in [0.29, 0.717) is 48.2 Å². The van der Waals surface area contributed by atoms with E-state index in [-0.39, 0.29) is 24.8 Å². The molecule has 1 aromatic heterocycles. The fourth-order valence-corrected chi connectivity index (χ4v) is 10.1. The lowest BCUT2D eigenvalue weighted by atomic mass is 9.85. The van der Waals surface area contributed by atoms with Gasteiger partial charge in [0.1, 0.15) is 40.8 Å². The summed E-state index contributed by atoms with van der Waals surface area (Å²) in [5.74, 6) is -4.39. The van der Waals surface area contributed by atoms with Gasteiger partial charge in [0, 0.05) is 17.9 Å². The first-order valence-electron chi connectivity index (χ1n) is 20.6. The molecule has 0 radical (unpaired) electrons. The molecule has 15 nitrogen and oxygen atoms in total. The maximum Gasteiger partial charge on any atom is 0.408 e. The van der Waals surface area contributed by atoms with Crippen molar-refractivity contribution < 1.29 is 50.6 Å². The second-order valence-corrected chi connectivity index (χ2v) is 20.8. The molecule has 18 heteroatoms. The first-order chi connectivity index (χ1) is 27.6. The smallest absolute Gasteiger partial charge is 0.408 e. The number of aryl methyl sites for hydroxylation is 1. The summed E-state index contributed by atoms with van der Waals surface area (Å²) >= 11 is 0. The summed E-state index contributed by atoms with van der Waals surface area (Å²) in [6.45, 7) is 10.2. The number of aromatic nitrogens is 2. The van der Waals surface area contributed by atoms with Crippen molar-refractivity contribution >= 4 is 44.9 Å². The number of amides is 4. The number of hydrogen-bond donors (Lipinski definition) is 3. The molecule has 7 rings (SSSR count). The maximum absolute atomic E-state index is 14.9. The summed E-state index contributed by atoms with van der Waals surface area (Å²) in [6, 6.07) is 2.70. The molecule has 4 fully saturated rings. The number of benzene rings is 1. The van der Waals surface area contributed by atoms with Crippen LogP contribution in [0.2, 0.25) is 0 Å². The van der Waals surface area contributed by atoms with Gasteiger partial charge in [-0.15, -0.1) is 0 Å².